The van der Waals surface area contributed by atoms with Gasteiger partial charge in [-0.25, -0.2) is 0 Å². The van der Waals surface area contributed by atoms with Crippen LogP contribution in [0.5, 0.6) is 5.75 Å². The highest BCUT2D eigenvalue weighted by Gasteiger charge is 2.47. The van der Waals surface area contributed by atoms with Gasteiger partial charge in [0.1, 0.15) is 30.0 Å². The van der Waals surface area contributed by atoms with Gasteiger partial charge in [-0.05, 0) is 67.8 Å². The molecule has 0 unspecified atom stereocenters. The summed E-state index contributed by atoms with van der Waals surface area (Å²) in [5, 5.41) is 9.82. The molecule has 6 atom stereocenters. The predicted octanol–water partition coefficient (Wildman–Crippen LogP) is 3.85. The lowest BCUT2D eigenvalue weighted by Crippen LogP contribution is -2.60. The molecular weight excluding hydrogens is 620 g/mol. The molecule has 262 valence electrons. The Hall–Kier alpha value is -4.64. The Morgan fingerprint density at radius 1 is 1.04 bits per heavy atom. The van der Waals surface area contributed by atoms with Crippen molar-refractivity contribution in [2.75, 3.05) is 20.6 Å². The first-order valence-electron chi connectivity index (χ1n) is 17.3. The van der Waals surface area contributed by atoms with Crippen molar-refractivity contribution in [1.82, 2.24) is 30.7 Å². The summed E-state index contributed by atoms with van der Waals surface area (Å²) in [6.45, 7) is 8.23. The van der Waals surface area contributed by atoms with Crippen molar-refractivity contribution < 1.29 is 23.9 Å². The van der Waals surface area contributed by atoms with Gasteiger partial charge in [-0.3, -0.25) is 24.1 Å². The Balaban J connectivity index is 1.51. The SMILES string of the molecule is CC[C@H](C)[C@H]1NC(=O)[C@@H]2[C@H](CCN2C(=O)[C@H](Cc2c[nH]c3ccccc23)NC(=O)[C@H](CC(C)C)N(C)C)Oc2ccc(cc2)/C=C\NC1=O. The molecule has 3 aliphatic rings. The number of carbonyl (C=O) groups is 4. The molecule has 1 aromatic heterocycles. The van der Waals surface area contributed by atoms with Crippen LogP contribution in [0.15, 0.2) is 60.9 Å². The van der Waals surface area contributed by atoms with Crippen LogP contribution in [-0.4, -0.2) is 89.3 Å². The van der Waals surface area contributed by atoms with Gasteiger partial charge < -0.3 is 30.6 Å². The number of hydrogen-bond acceptors (Lipinski definition) is 6. The third-order valence-corrected chi connectivity index (χ3v) is 9.69. The lowest BCUT2D eigenvalue weighted by atomic mass is 9.97. The summed E-state index contributed by atoms with van der Waals surface area (Å²) in [6, 6.07) is 11.9. The number of amides is 4. The van der Waals surface area contributed by atoms with Crippen molar-refractivity contribution in [3.63, 3.8) is 0 Å². The first-order valence-corrected chi connectivity index (χ1v) is 17.3. The number of carbonyl (C=O) groups excluding carboxylic acids is 4. The minimum absolute atomic E-state index is 0.175. The number of para-hydroxylation sites is 1. The van der Waals surface area contributed by atoms with Gasteiger partial charge in [-0.15, -0.1) is 0 Å². The molecule has 49 heavy (non-hydrogen) atoms. The van der Waals surface area contributed by atoms with E-state index in [4.69, 9.17) is 4.74 Å². The molecule has 4 heterocycles. The zero-order valence-corrected chi connectivity index (χ0v) is 29.4. The summed E-state index contributed by atoms with van der Waals surface area (Å²) in [6.07, 6.45) is 6.43. The van der Waals surface area contributed by atoms with E-state index in [1.807, 2.05) is 87.6 Å². The van der Waals surface area contributed by atoms with Gasteiger partial charge in [0.2, 0.25) is 23.6 Å². The molecule has 2 bridgehead atoms. The summed E-state index contributed by atoms with van der Waals surface area (Å²) in [4.78, 5) is 62.9. The van der Waals surface area contributed by atoms with E-state index in [0.717, 1.165) is 22.0 Å². The number of nitrogens with one attached hydrogen (secondary N) is 4. The molecule has 11 heteroatoms. The van der Waals surface area contributed by atoms with E-state index in [-0.39, 0.29) is 42.5 Å². The van der Waals surface area contributed by atoms with Crippen molar-refractivity contribution >= 4 is 40.6 Å². The molecule has 1 saturated heterocycles. The molecule has 4 amide bonds. The second kappa shape index (κ2) is 15.7. The highest BCUT2D eigenvalue weighted by Crippen LogP contribution is 2.28. The van der Waals surface area contributed by atoms with Gasteiger partial charge in [0.05, 0.1) is 6.04 Å². The maximum Gasteiger partial charge on any atom is 0.247 e. The summed E-state index contributed by atoms with van der Waals surface area (Å²) in [5.74, 6) is -0.795. The fraction of sp³-hybridized carbons (Fsp3) is 0.474. The standard InChI is InChI=1S/C38H50N6O5/c1-7-24(4)33-36(46)39-18-16-25-12-14-27(15-13-25)49-32-17-19-44(34(32)37(47)42-33)38(48)30(41-35(45)31(43(5)6)20-23(2)3)21-26-22-40-29-11-9-8-10-28(26)29/h8-16,18,22-24,30-34,40H,7,17,19-21H2,1-6H3,(H,39,46)(H,41,45)(H,42,47)/b18-16-/t24-,30-,31-,32-,33+,34-/m0/s1. The number of likely N-dealkylation sites (N-methyl/N-ethyl adjacent to an activating group) is 1. The summed E-state index contributed by atoms with van der Waals surface area (Å²) in [5.41, 5.74) is 2.68. The zero-order chi connectivity index (χ0) is 35.2. The maximum atomic E-state index is 14.8. The summed E-state index contributed by atoms with van der Waals surface area (Å²) in [7, 11) is 3.72. The summed E-state index contributed by atoms with van der Waals surface area (Å²) >= 11 is 0. The number of likely N-dealkylation sites (tertiary alicyclic amines) is 1. The first kappa shape index (κ1) is 35.7. The molecule has 2 aromatic carbocycles. The first-order chi connectivity index (χ1) is 23.5. The number of rotatable bonds is 10. The Morgan fingerprint density at radius 2 is 1.78 bits per heavy atom. The number of ether oxygens (including phenoxy) is 1. The van der Waals surface area contributed by atoms with Crippen molar-refractivity contribution in [2.24, 2.45) is 11.8 Å². The molecule has 3 aliphatic heterocycles. The quantitative estimate of drug-likeness (QED) is 0.259. The lowest BCUT2D eigenvalue weighted by Gasteiger charge is -2.33. The fourth-order valence-corrected chi connectivity index (χ4v) is 6.72. The van der Waals surface area contributed by atoms with Crippen molar-refractivity contribution in [3.05, 3.63) is 72.1 Å². The van der Waals surface area contributed by atoms with E-state index in [9.17, 15) is 19.2 Å². The normalized spacial score (nSPS) is 22.1. The van der Waals surface area contributed by atoms with E-state index in [2.05, 4.69) is 34.8 Å². The van der Waals surface area contributed by atoms with E-state index >= 15 is 0 Å². The molecule has 0 saturated carbocycles. The van der Waals surface area contributed by atoms with Crippen LogP contribution in [0.4, 0.5) is 0 Å². The molecular formula is C38H50N6O5. The third kappa shape index (κ3) is 8.33. The third-order valence-electron chi connectivity index (χ3n) is 9.69. The average Bonchev–Trinajstić information content (AvgIpc) is 3.69. The summed E-state index contributed by atoms with van der Waals surface area (Å²) < 4.78 is 6.40. The monoisotopic (exact) mass is 670 g/mol. The van der Waals surface area contributed by atoms with E-state index in [1.165, 1.54) is 4.90 Å². The number of fused-ring (bicyclic) bond motifs is 8. The number of benzene rings is 2. The molecule has 0 radical (unpaired) electrons. The minimum atomic E-state index is -1.03. The molecule has 0 aliphatic carbocycles. The van der Waals surface area contributed by atoms with Crippen LogP contribution >= 0.6 is 0 Å². The van der Waals surface area contributed by atoms with Gasteiger partial charge in [-0.1, -0.05) is 64.4 Å². The Morgan fingerprint density at radius 3 is 2.47 bits per heavy atom. The maximum absolute atomic E-state index is 14.8. The highest BCUT2D eigenvalue weighted by molar-refractivity contribution is 5.96. The van der Waals surface area contributed by atoms with Gasteiger partial charge in [0.15, 0.2) is 0 Å². The van der Waals surface area contributed by atoms with Crippen LogP contribution in [0.25, 0.3) is 17.0 Å². The van der Waals surface area contributed by atoms with E-state index in [1.54, 1.807) is 12.3 Å². The molecule has 3 aromatic rings. The van der Waals surface area contributed by atoms with E-state index < -0.39 is 36.2 Å². The van der Waals surface area contributed by atoms with Crippen LogP contribution in [0.2, 0.25) is 0 Å². The average molecular weight is 671 g/mol. The van der Waals surface area contributed by atoms with E-state index in [0.29, 0.717) is 25.0 Å². The van der Waals surface area contributed by atoms with Crippen molar-refractivity contribution in [3.8, 4) is 5.75 Å². The Kier molecular flexibility index (Phi) is 11.4. The molecule has 0 spiro atoms. The van der Waals surface area contributed by atoms with Gasteiger partial charge in [-0.2, -0.15) is 0 Å². The number of nitrogens with zero attached hydrogens (tertiary/aromatic N) is 2. The number of aromatic nitrogens is 1. The smallest absolute Gasteiger partial charge is 0.247 e. The highest BCUT2D eigenvalue weighted by atomic mass is 16.5. The van der Waals surface area contributed by atoms with Gasteiger partial charge in [0.25, 0.3) is 0 Å². The second-order valence-corrected chi connectivity index (χ2v) is 13.9. The van der Waals surface area contributed by atoms with Crippen LogP contribution in [-0.2, 0) is 25.6 Å². The zero-order valence-electron chi connectivity index (χ0n) is 29.4. The second-order valence-electron chi connectivity index (χ2n) is 13.9. The number of aromatic amines is 1. The predicted molar refractivity (Wildman–Crippen MR) is 190 cm³/mol. The van der Waals surface area contributed by atoms with Crippen LogP contribution < -0.4 is 20.7 Å². The van der Waals surface area contributed by atoms with Crippen LogP contribution in [0.3, 0.4) is 0 Å². The Bertz CT molecular complexity index is 1660. The molecule has 1 fully saturated rings. The fourth-order valence-electron chi connectivity index (χ4n) is 6.72. The van der Waals surface area contributed by atoms with Crippen LogP contribution in [0.1, 0.15) is 58.1 Å². The molecule has 6 rings (SSSR count). The number of hydrogen-bond donors (Lipinski definition) is 4. The van der Waals surface area contributed by atoms with Crippen LogP contribution in [0, 0.1) is 11.8 Å². The van der Waals surface area contributed by atoms with Crippen molar-refractivity contribution in [2.45, 2.75) is 83.6 Å². The number of H-pyrrole nitrogens is 1. The Labute approximate surface area is 288 Å². The lowest BCUT2D eigenvalue weighted by molar-refractivity contribution is -0.144. The minimum Gasteiger partial charge on any atom is -0.488 e. The van der Waals surface area contributed by atoms with Gasteiger partial charge >= 0.3 is 0 Å². The molecule has 11 nitrogen and oxygen atoms in total. The molecule has 4 N–H and O–H groups in total. The largest absolute Gasteiger partial charge is 0.488 e. The van der Waals surface area contributed by atoms with Gasteiger partial charge in [0, 0.05) is 42.7 Å². The van der Waals surface area contributed by atoms with Crippen molar-refractivity contribution in [1.29, 1.82) is 0 Å². The topological polar surface area (TPSA) is 136 Å².